The molecule has 0 saturated carbocycles. The molecule has 106 valence electrons. The number of amides is 2. The summed E-state index contributed by atoms with van der Waals surface area (Å²) in [6.45, 7) is 5.13. The summed E-state index contributed by atoms with van der Waals surface area (Å²) < 4.78 is 0. The summed E-state index contributed by atoms with van der Waals surface area (Å²) in [5, 5.41) is 5.43. The third kappa shape index (κ3) is 3.14. The SMILES string of the molecule is CC(=O)NC(C)(C)C(=O)NCc1ccc2nc[nH]c2c1. The molecule has 0 radical (unpaired) electrons. The Morgan fingerprint density at radius 3 is 2.80 bits per heavy atom. The van der Waals surface area contributed by atoms with E-state index in [-0.39, 0.29) is 11.8 Å². The van der Waals surface area contributed by atoms with Crippen LogP contribution in [0.2, 0.25) is 0 Å². The number of hydrogen-bond donors (Lipinski definition) is 3. The van der Waals surface area contributed by atoms with Crippen molar-refractivity contribution in [3.63, 3.8) is 0 Å². The molecule has 2 rings (SSSR count). The molecule has 0 spiro atoms. The number of H-pyrrole nitrogens is 1. The monoisotopic (exact) mass is 274 g/mol. The van der Waals surface area contributed by atoms with Crippen LogP contribution in [0.1, 0.15) is 26.3 Å². The van der Waals surface area contributed by atoms with E-state index in [2.05, 4.69) is 20.6 Å². The molecule has 6 nitrogen and oxygen atoms in total. The van der Waals surface area contributed by atoms with Crippen molar-refractivity contribution < 1.29 is 9.59 Å². The highest BCUT2D eigenvalue weighted by Gasteiger charge is 2.27. The van der Waals surface area contributed by atoms with Crippen LogP contribution in [0, 0.1) is 0 Å². The number of aromatic amines is 1. The van der Waals surface area contributed by atoms with Crippen LogP contribution in [0.5, 0.6) is 0 Å². The van der Waals surface area contributed by atoms with Gasteiger partial charge in [-0.15, -0.1) is 0 Å². The van der Waals surface area contributed by atoms with Crippen molar-refractivity contribution in [2.45, 2.75) is 32.9 Å². The standard InChI is InChI=1S/C14H18N4O2/c1-9(19)18-14(2,3)13(20)15-7-10-4-5-11-12(6-10)17-8-16-11/h4-6,8H,7H2,1-3H3,(H,15,20)(H,16,17)(H,18,19). The highest BCUT2D eigenvalue weighted by Crippen LogP contribution is 2.11. The lowest BCUT2D eigenvalue weighted by Gasteiger charge is -2.24. The van der Waals surface area contributed by atoms with Crippen molar-refractivity contribution in [2.24, 2.45) is 0 Å². The van der Waals surface area contributed by atoms with E-state index in [0.29, 0.717) is 6.54 Å². The largest absolute Gasteiger partial charge is 0.350 e. The Kier molecular flexibility index (Phi) is 3.74. The zero-order valence-corrected chi connectivity index (χ0v) is 11.8. The summed E-state index contributed by atoms with van der Waals surface area (Å²) in [5.74, 6) is -0.457. The number of fused-ring (bicyclic) bond motifs is 1. The van der Waals surface area contributed by atoms with Crippen molar-refractivity contribution in [1.82, 2.24) is 20.6 Å². The molecule has 3 N–H and O–H groups in total. The lowest BCUT2D eigenvalue weighted by atomic mass is 10.0. The second kappa shape index (κ2) is 5.32. The summed E-state index contributed by atoms with van der Waals surface area (Å²) in [6.07, 6.45) is 1.63. The number of benzene rings is 1. The average molecular weight is 274 g/mol. The Morgan fingerprint density at radius 1 is 1.35 bits per heavy atom. The molecule has 2 amide bonds. The number of nitrogens with one attached hydrogen (secondary N) is 3. The molecule has 0 aliphatic carbocycles. The van der Waals surface area contributed by atoms with E-state index in [9.17, 15) is 9.59 Å². The molecule has 0 fully saturated rings. The predicted molar refractivity (Wildman–Crippen MR) is 75.8 cm³/mol. The molecule has 1 heterocycles. The molecule has 6 heteroatoms. The molecule has 0 atom stereocenters. The van der Waals surface area contributed by atoms with Crippen LogP contribution in [0.25, 0.3) is 11.0 Å². The predicted octanol–water partition coefficient (Wildman–Crippen LogP) is 1.09. The molecule has 2 aromatic rings. The van der Waals surface area contributed by atoms with Crippen molar-refractivity contribution in [3.05, 3.63) is 30.1 Å². The van der Waals surface area contributed by atoms with E-state index in [1.807, 2.05) is 18.2 Å². The van der Waals surface area contributed by atoms with Crippen molar-refractivity contribution in [3.8, 4) is 0 Å². The van der Waals surface area contributed by atoms with Crippen LogP contribution in [0.4, 0.5) is 0 Å². The number of carbonyl (C=O) groups is 2. The van der Waals surface area contributed by atoms with Crippen molar-refractivity contribution in [1.29, 1.82) is 0 Å². The fourth-order valence-corrected chi connectivity index (χ4v) is 1.99. The van der Waals surface area contributed by atoms with Gasteiger partial charge in [-0.05, 0) is 31.5 Å². The van der Waals surface area contributed by atoms with Gasteiger partial charge in [0.05, 0.1) is 17.4 Å². The van der Waals surface area contributed by atoms with Crippen molar-refractivity contribution in [2.75, 3.05) is 0 Å². The van der Waals surface area contributed by atoms with Gasteiger partial charge in [0, 0.05) is 13.5 Å². The van der Waals surface area contributed by atoms with Gasteiger partial charge in [-0.1, -0.05) is 6.07 Å². The Hall–Kier alpha value is -2.37. The highest BCUT2D eigenvalue weighted by atomic mass is 16.2. The van der Waals surface area contributed by atoms with Crippen LogP contribution in [-0.4, -0.2) is 27.3 Å². The fourth-order valence-electron chi connectivity index (χ4n) is 1.99. The summed E-state index contributed by atoms with van der Waals surface area (Å²) in [4.78, 5) is 30.3. The molecular weight excluding hydrogens is 256 g/mol. The number of nitrogens with zero attached hydrogens (tertiary/aromatic N) is 1. The third-order valence-corrected chi connectivity index (χ3v) is 2.99. The third-order valence-electron chi connectivity index (χ3n) is 2.99. The smallest absolute Gasteiger partial charge is 0.245 e. The minimum atomic E-state index is -0.927. The number of hydrogen-bond acceptors (Lipinski definition) is 3. The molecule has 0 saturated heterocycles. The van der Waals surface area contributed by atoms with Gasteiger partial charge in [0.15, 0.2) is 0 Å². The molecule has 0 aliphatic heterocycles. The maximum absolute atomic E-state index is 12.0. The topological polar surface area (TPSA) is 86.9 Å². The minimum absolute atomic E-state index is 0.225. The lowest BCUT2D eigenvalue weighted by molar-refractivity contribution is -0.131. The number of imidazole rings is 1. The molecule has 1 aromatic carbocycles. The van der Waals surface area contributed by atoms with E-state index < -0.39 is 5.54 Å². The van der Waals surface area contributed by atoms with Gasteiger partial charge in [-0.2, -0.15) is 0 Å². The molecule has 0 unspecified atom stereocenters. The molecular formula is C14H18N4O2. The Bertz CT molecular complexity index is 645. The number of rotatable bonds is 4. The van der Waals surface area contributed by atoms with E-state index in [1.54, 1.807) is 20.2 Å². The van der Waals surface area contributed by atoms with Gasteiger partial charge in [0.25, 0.3) is 0 Å². The normalized spacial score (nSPS) is 11.3. The minimum Gasteiger partial charge on any atom is -0.350 e. The first-order chi connectivity index (χ1) is 9.38. The number of carbonyl (C=O) groups excluding carboxylic acids is 2. The summed E-state index contributed by atoms with van der Waals surface area (Å²) in [5.41, 5.74) is 1.86. The van der Waals surface area contributed by atoms with E-state index in [1.165, 1.54) is 6.92 Å². The molecule has 20 heavy (non-hydrogen) atoms. The number of aromatic nitrogens is 2. The lowest BCUT2D eigenvalue weighted by Crippen LogP contribution is -2.53. The van der Waals surface area contributed by atoms with Crippen molar-refractivity contribution >= 4 is 22.8 Å². The maximum Gasteiger partial charge on any atom is 0.245 e. The van der Waals surface area contributed by atoms with Crippen LogP contribution < -0.4 is 10.6 Å². The highest BCUT2D eigenvalue weighted by molar-refractivity contribution is 5.90. The first-order valence-electron chi connectivity index (χ1n) is 6.37. The van der Waals surface area contributed by atoms with E-state index in [0.717, 1.165) is 16.6 Å². The van der Waals surface area contributed by atoms with E-state index in [4.69, 9.17) is 0 Å². The van der Waals surface area contributed by atoms with Crippen LogP contribution in [0.15, 0.2) is 24.5 Å². The second-order valence-electron chi connectivity index (χ2n) is 5.24. The zero-order chi connectivity index (χ0) is 14.8. The van der Waals surface area contributed by atoms with Crippen LogP contribution in [-0.2, 0) is 16.1 Å². The van der Waals surface area contributed by atoms with Gasteiger partial charge in [0.1, 0.15) is 5.54 Å². The van der Waals surface area contributed by atoms with Gasteiger partial charge >= 0.3 is 0 Å². The van der Waals surface area contributed by atoms with Crippen LogP contribution >= 0.6 is 0 Å². The van der Waals surface area contributed by atoms with Gasteiger partial charge in [-0.3, -0.25) is 9.59 Å². The maximum atomic E-state index is 12.0. The second-order valence-corrected chi connectivity index (χ2v) is 5.24. The zero-order valence-electron chi connectivity index (χ0n) is 11.8. The summed E-state index contributed by atoms with van der Waals surface area (Å²) in [6, 6.07) is 5.75. The van der Waals surface area contributed by atoms with Gasteiger partial charge in [0.2, 0.25) is 11.8 Å². The Labute approximate surface area is 117 Å². The average Bonchev–Trinajstić information content (AvgIpc) is 2.81. The van der Waals surface area contributed by atoms with E-state index >= 15 is 0 Å². The molecule has 1 aromatic heterocycles. The van der Waals surface area contributed by atoms with Gasteiger partial charge < -0.3 is 15.6 Å². The molecule has 0 aliphatic rings. The Morgan fingerprint density at radius 2 is 2.10 bits per heavy atom. The summed E-state index contributed by atoms with van der Waals surface area (Å²) >= 11 is 0. The quantitative estimate of drug-likeness (QED) is 0.780. The first-order valence-corrected chi connectivity index (χ1v) is 6.37. The first kappa shape index (κ1) is 14.0. The summed E-state index contributed by atoms with van der Waals surface area (Å²) in [7, 11) is 0. The van der Waals surface area contributed by atoms with Crippen LogP contribution in [0.3, 0.4) is 0 Å². The fraction of sp³-hybridized carbons (Fsp3) is 0.357. The molecule has 0 bridgehead atoms. The van der Waals surface area contributed by atoms with Gasteiger partial charge in [-0.25, -0.2) is 4.98 Å². The Balaban J connectivity index is 2.00.